The smallest absolute Gasteiger partial charge is 0.336 e. The summed E-state index contributed by atoms with van der Waals surface area (Å²) in [5.74, 6) is -0.586. The van der Waals surface area contributed by atoms with E-state index in [4.69, 9.17) is 14.2 Å². The topological polar surface area (TPSA) is 108 Å². The van der Waals surface area contributed by atoms with E-state index in [1.54, 1.807) is 60.7 Å². The number of ether oxygens (including phenoxy) is 3. The molecule has 0 unspecified atom stereocenters. The lowest BCUT2D eigenvalue weighted by atomic mass is 9.98. The van der Waals surface area contributed by atoms with Gasteiger partial charge in [0.05, 0.1) is 24.7 Å². The molecular weight excluding hydrogens is 493 g/mol. The Balaban J connectivity index is 1.68. The van der Waals surface area contributed by atoms with Crippen molar-refractivity contribution in [3.63, 3.8) is 0 Å². The molecule has 0 atom stereocenters. The van der Waals surface area contributed by atoms with Crippen molar-refractivity contribution >= 4 is 23.8 Å². The highest BCUT2D eigenvalue weighted by atomic mass is 19.1. The normalized spacial score (nSPS) is 10.8. The van der Waals surface area contributed by atoms with Crippen LogP contribution in [0.5, 0.6) is 23.0 Å². The van der Waals surface area contributed by atoms with Crippen LogP contribution in [0.2, 0.25) is 0 Å². The Morgan fingerprint density at radius 3 is 2.24 bits per heavy atom. The molecule has 0 aliphatic carbocycles. The molecule has 0 radical (unpaired) electrons. The minimum absolute atomic E-state index is 0.0109. The maximum atomic E-state index is 13.3. The molecular formula is C29H22FNO7. The standard InChI is InChI=1S/C29H22FNO7/c1-36-26-4-3-5-27(28(26)37-2)38-25-15-7-18(16-24(25)31(34)35)6-8-21-17-20(11-14-23(21)29(32)33)19-9-12-22(30)13-10-19/h3-17H,1-2H3,(H,32,33)/b8-6+. The molecule has 1 N–H and O–H groups in total. The van der Waals surface area contributed by atoms with E-state index in [2.05, 4.69) is 0 Å². The van der Waals surface area contributed by atoms with E-state index < -0.39 is 10.9 Å². The fourth-order valence-electron chi connectivity index (χ4n) is 3.83. The van der Waals surface area contributed by atoms with Gasteiger partial charge in [-0.05, 0) is 64.7 Å². The zero-order valence-electron chi connectivity index (χ0n) is 20.4. The summed E-state index contributed by atoms with van der Waals surface area (Å²) >= 11 is 0. The van der Waals surface area contributed by atoms with Crippen LogP contribution in [0.4, 0.5) is 10.1 Å². The van der Waals surface area contributed by atoms with Gasteiger partial charge in [-0.25, -0.2) is 9.18 Å². The van der Waals surface area contributed by atoms with E-state index in [9.17, 15) is 24.4 Å². The zero-order valence-corrected chi connectivity index (χ0v) is 20.4. The number of hydrogen-bond acceptors (Lipinski definition) is 6. The minimum Gasteiger partial charge on any atom is -0.493 e. The summed E-state index contributed by atoms with van der Waals surface area (Å²) in [6.45, 7) is 0. The van der Waals surface area contributed by atoms with E-state index in [0.717, 1.165) is 0 Å². The van der Waals surface area contributed by atoms with Gasteiger partial charge in [-0.15, -0.1) is 0 Å². The average Bonchev–Trinajstić information content (AvgIpc) is 2.92. The number of carboxylic acids is 1. The highest BCUT2D eigenvalue weighted by Gasteiger charge is 2.19. The third-order valence-corrected chi connectivity index (χ3v) is 5.68. The summed E-state index contributed by atoms with van der Waals surface area (Å²) in [7, 11) is 2.90. The van der Waals surface area contributed by atoms with Crippen LogP contribution in [0.3, 0.4) is 0 Å². The Kier molecular flexibility index (Phi) is 7.67. The van der Waals surface area contributed by atoms with E-state index in [0.29, 0.717) is 28.0 Å². The molecule has 192 valence electrons. The number of carbonyl (C=O) groups is 1. The van der Waals surface area contributed by atoms with E-state index in [-0.39, 0.29) is 34.3 Å². The number of benzene rings is 4. The zero-order chi connectivity index (χ0) is 27.2. The van der Waals surface area contributed by atoms with Gasteiger partial charge in [-0.1, -0.05) is 42.5 Å². The summed E-state index contributed by atoms with van der Waals surface area (Å²) in [5, 5.41) is 21.5. The fraction of sp³-hybridized carbons (Fsp3) is 0.0690. The van der Waals surface area contributed by atoms with Crippen LogP contribution in [0.1, 0.15) is 21.5 Å². The Morgan fingerprint density at radius 1 is 0.868 bits per heavy atom. The van der Waals surface area contributed by atoms with Crippen LogP contribution in [0.25, 0.3) is 23.3 Å². The maximum absolute atomic E-state index is 13.3. The first kappa shape index (κ1) is 25.9. The molecule has 4 aromatic carbocycles. The third-order valence-electron chi connectivity index (χ3n) is 5.68. The van der Waals surface area contributed by atoms with Crippen LogP contribution < -0.4 is 14.2 Å². The molecule has 0 fully saturated rings. The molecule has 0 aromatic heterocycles. The molecule has 9 heteroatoms. The van der Waals surface area contributed by atoms with Crippen molar-refractivity contribution in [3.8, 4) is 34.1 Å². The van der Waals surface area contributed by atoms with Gasteiger partial charge in [-0.3, -0.25) is 10.1 Å². The summed E-state index contributed by atoms with van der Waals surface area (Å²) in [6, 6.07) is 19.9. The molecule has 0 aliphatic rings. The molecule has 4 aromatic rings. The summed E-state index contributed by atoms with van der Waals surface area (Å²) in [6.07, 6.45) is 3.13. The lowest BCUT2D eigenvalue weighted by Crippen LogP contribution is -1.99. The third kappa shape index (κ3) is 5.62. The summed E-state index contributed by atoms with van der Waals surface area (Å²) in [5.41, 5.74) is 1.98. The van der Waals surface area contributed by atoms with Crippen molar-refractivity contribution < 1.29 is 33.4 Å². The lowest BCUT2D eigenvalue weighted by Gasteiger charge is -2.13. The largest absolute Gasteiger partial charge is 0.493 e. The highest BCUT2D eigenvalue weighted by molar-refractivity contribution is 5.94. The molecule has 0 saturated carbocycles. The fourth-order valence-corrected chi connectivity index (χ4v) is 3.83. The summed E-state index contributed by atoms with van der Waals surface area (Å²) in [4.78, 5) is 23.0. The number of nitro groups is 1. The number of nitro benzene ring substituents is 1. The predicted molar refractivity (Wildman–Crippen MR) is 140 cm³/mol. The quantitative estimate of drug-likeness (QED) is 0.144. The SMILES string of the molecule is COc1cccc(Oc2ccc(/C=C/c3cc(-c4ccc(F)cc4)ccc3C(=O)O)cc2[N+](=O)[O-])c1OC. The number of para-hydroxylation sites is 1. The van der Waals surface area contributed by atoms with Crippen molar-refractivity contribution in [2.24, 2.45) is 0 Å². The monoisotopic (exact) mass is 515 g/mol. The van der Waals surface area contributed by atoms with E-state index in [1.807, 2.05) is 0 Å². The average molecular weight is 515 g/mol. The van der Waals surface area contributed by atoms with Gasteiger partial charge in [0.2, 0.25) is 11.5 Å². The molecule has 8 nitrogen and oxygen atoms in total. The number of carboxylic acid groups (broad SMARTS) is 1. The van der Waals surface area contributed by atoms with Crippen LogP contribution >= 0.6 is 0 Å². The van der Waals surface area contributed by atoms with Gasteiger partial charge in [0.1, 0.15) is 5.82 Å². The Morgan fingerprint density at radius 2 is 1.58 bits per heavy atom. The molecule has 0 spiro atoms. The van der Waals surface area contributed by atoms with Gasteiger partial charge in [0, 0.05) is 6.07 Å². The van der Waals surface area contributed by atoms with Crippen molar-refractivity contribution in [3.05, 3.63) is 111 Å². The first-order valence-electron chi connectivity index (χ1n) is 11.3. The maximum Gasteiger partial charge on any atom is 0.336 e. The number of methoxy groups -OCH3 is 2. The van der Waals surface area contributed by atoms with Gasteiger partial charge < -0.3 is 19.3 Å². The first-order valence-corrected chi connectivity index (χ1v) is 11.3. The van der Waals surface area contributed by atoms with E-state index >= 15 is 0 Å². The molecule has 0 amide bonds. The number of aromatic carboxylic acids is 1. The predicted octanol–water partition coefficient (Wildman–Crippen LogP) is 7.08. The molecule has 0 heterocycles. The second-order valence-corrected chi connectivity index (χ2v) is 8.03. The number of halogens is 1. The second kappa shape index (κ2) is 11.3. The second-order valence-electron chi connectivity index (χ2n) is 8.03. The lowest BCUT2D eigenvalue weighted by molar-refractivity contribution is -0.385. The molecule has 0 saturated heterocycles. The van der Waals surface area contributed by atoms with Crippen LogP contribution in [-0.4, -0.2) is 30.2 Å². The Bertz CT molecular complexity index is 1530. The molecule has 38 heavy (non-hydrogen) atoms. The Labute approximate surface area is 217 Å². The Hall–Kier alpha value is -5.18. The number of nitrogens with zero attached hydrogens (tertiary/aromatic N) is 1. The molecule has 4 rings (SSSR count). The molecule has 0 bridgehead atoms. The number of hydrogen-bond donors (Lipinski definition) is 1. The van der Waals surface area contributed by atoms with Crippen molar-refractivity contribution in [2.75, 3.05) is 14.2 Å². The minimum atomic E-state index is -1.13. The first-order chi connectivity index (χ1) is 18.3. The highest BCUT2D eigenvalue weighted by Crippen LogP contribution is 2.41. The van der Waals surface area contributed by atoms with Crippen molar-refractivity contribution in [2.45, 2.75) is 0 Å². The van der Waals surface area contributed by atoms with Gasteiger partial charge in [0.25, 0.3) is 0 Å². The van der Waals surface area contributed by atoms with Gasteiger partial charge in [0.15, 0.2) is 11.5 Å². The van der Waals surface area contributed by atoms with E-state index in [1.165, 1.54) is 44.6 Å². The van der Waals surface area contributed by atoms with Crippen molar-refractivity contribution in [1.82, 2.24) is 0 Å². The van der Waals surface area contributed by atoms with Gasteiger partial charge in [-0.2, -0.15) is 0 Å². The number of rotatable bonds is 9. The van der Waals surface area contributed by atoms with Crippen LogP contribution in [-0.2, 0) is 0 Å². The van der Waals surface area contributed by atoms with Crippen LogP contribution in [0.15, 0.2) is 78.9 Å². The summed E-state index contributed by atoms with van der Waals surface area (Å²) < 4.78 is 29.7. The van der Waals surface area contributed by atoms with Crippen molar-refractivity contribution in [1.29, 1.82) is 0 Å². The van der Waals surface area contributed by atoms with Gasteiger partial charge >= 0.3 is 11.7 Å². The molecule has 0 aliphatic heterocycles. The van der Waals surface area contributed by atoms with Crippen LogP contribution in [0, 0.1) is 15.9 Å².